The Labute approximate surface area is 123 Å². The first-order valence-corrected chi connectivity index (χ1v) is 8.67. The van der Waals surface area contributed by atoms with Crippen LogP contribution in [0.4, 0.5) is 14.5 Å². The molecule has 0 amide bonds. The van der Waals surface area contributed by atoms with Gasteiger partial charge in [0, 0.05) is 17.1 Å². The molecule has 20 heavy (non-hydrogen) atoms. The van der Waals surface area contributed by atoms with E-state index in [4.69, 9.17) is 0 Å². The zero-order valence-electron chi connectivity index (χ0n) is 11.7. The first-order chi connectivity index (χ1) is 9.13. The zero-order valence-corrected chi connectivity index (χ0v) is 13.3. The van der Waals surface area contributed by atoms with Crippen LogP contribution >= 0.6 is 11.8 Å². The molecule has 0 fully saturated rings. The Bertz CT molecular complexity index is 540. The van der Waals surface area contributed by atoms with Crippen LogP contribution in [0.5, 0.6) is 0 Å². The second-order valence-corrected chi connectivity index (χ2v) is 9.13. The van der Waals surface area contributed by atoms with Crippen molar-refractivity contribution in [2.75, 3.05) is 17.6 Å². The van der Waals surface area contributed by atoms with Gasteiger partial charge in [-0.1, -0.05) is 23.9 Å². The number of anilines is 1. The number of para-hydroxylation sites is 1. The molecule has 0 atom stereocenters. The maximum absolute atomic E-state index is 12.4. The summed E-state index contributed by atoms with van der Waals surface area (Å²) in [7, 11) is -3.22. The summed E-state index contributed by atoms with van der Waals surface area (Å²) in [5, 5.41) is 2.91. The fourth-order valence-corrected chi connectivity index (χ4v) is 3.04. The largest absolute Gasteiger partial charge is 0.383 e. The van der Waals surface area contributed by atoms with E-state index in [1.54, 1.807) is 45.0 Å². The Kier molecular flexibility index (Phi) is 5.82. The van der Waals surface area contributed by atoms with Crippen LogP contribution in [0.25, 0.3) is 0 Å². The highest BCUT2D eigenvalue weighted by atomic mass is 32.2. The number of rotatable bonds is 6. The SMILES string of the molecule is CC(C)(C)S(=O)(=O)CCNc1ccccc1SC(F)F. The third kappa shape index (κ3) is 4.94. The number of benzene rings is 1. The van der Waals surface area contributed by atoms with Crippen molar-refractivity contribution in [3.63, 3.8) is 0 Å². The molecule has 3 nitrogen and oxygen atoms in total. The number of hydrogen-bond acceptors (Lipinski definition) is 4. The van der Waals surface area contributed by atoms with E-state index in [1.807, 2.05) is 0 Å². The van der Waals surface area contributed by atoms with E-state index in [0.717, 1.165) is 0 Å². The molecular weight excluding hydrogens is 304 g/mol. The van der Waals surface area contributed by atoms with Gasteiger partial charge in [-0.2, -0.15) is 8.78 Å². The second-order valence-electron chi connectivity index (χ2n) is 5.23. The van der Waals surface area contributed by atoms with Crippen LogP contribution in [0.3, 0.4) is 0 Å². The molecule has 114 valence electrons. The molecule has 1 aromatic carbocycles. The van der Waals surface area contributed by atoms with Crippen molar-refractivity contribution in [2.45, 2.75) is 36.2 Å². The number of thioether (sulfide) groups is 1. The molecule has 0 bridgehead atoms. The molecule has 0 aliphatic carbocycles. The molecular formula is C13H19F2NO2S2. The Morgan fingerprint density at radius 1 is 1.25 bits per heavy atom. The maximum Gasteiger partial charge on any atom is 0.288 e. The standard InChI is InChI=1S/C13H19F2NO2S2/c1-13(2,3)20(17,18)9-8-16-10-6-4-5-7-11(10)19-12(14)15/h4-7,12,16H,8-9H2,1-3H3. The van der Waals surface area contributed by atoms with Crippen molar-refractivity contribution in [2.24, 2.45) is 0 Å². The summed E-state index contributed by atoms with van der Waals surface area (Å²) in [6, 6.07) is 6.63. The van der Waals surface area contributed by atoms with Crippen LogP contribution < -0.4 is 5.32 Å². The molecule has 0 radical (unpaired) electrons. The zero-order chi connectivity index (χ0) is 15.4. The Balaban J connectivity index is 2.68. The molecule has 0 aliphatic heterocycles. The smallest absolute Gasteiger partial charge is 0.288 e. The highest BCUT2D eigenvalue weighted by Gasteiger charge is 2.28. The van der Waals surface area contributed by atoms with Gasteiger partial charge in [0.2, 0.25) is 0 Å². The van der Waals surface area contributed by atoms with Gasteiger partial charge in [0.25, 0.3) is 5.76 Å². The van der Waals surface area contributed by atoms with Crippen LogP contribution in [0.15, 0.2) is 29.2 Å². The van der Waals surface area contributed by atoms with Gasteiger partial charge < -0.3 is 5.32 Å². The summed E-state index contributed by atoms with van der Waals surface area (Å²) in [6.45, 7) is 5.12. The minimum absolute atomic E-state index is 0.0375. The van der Waals surface area contributed by atoms with E-state index < -0.39 is 20.3 Å². The third-order valence-corrected chi connectivity index (χ3v) is 6.12. The predicted molar refractivity (Wildman–Crippen MR) is 80.3 cm³/mol. The topological polar surface area (TPSA) is 46.2 Å². The minimum Gasteiger partial charge on any atom is -0.383 e. The summed E-state index contributed by atoms with van der Waals surface area (Å²) < 4.78 is 47.9. The van der Waals surface area contributed by atoms with Crippen molar-refractivity contribution in [1.29, 1.82) is 0 Å². The van der Waals surface area contributed by atoms with Crippen LogP contribution in [-0.4, -0.2) is 31.2 Å². The van der Waals surface area contributed by atoms with E-state index in [2.05, 4.69) is 5.32 Å². The predicted octanol–water partition coefficient (Wildman–Crippen LogP) is 3.63. The number of halogens is 2. The molecule has 0 saturated carbocycles. The number of sulfone groups is 1. The second kappa shape index (κ2) is 6.76. The normalized spacial score (nSPS) is 12.7. The Hall–Kier alpha value is -0.820. The lowest BCUT2D eigenvalue weighted by molar-refractivity contribution is 0.252. The van der Waals surface area contributed by atoms with Crippen molar-refractivity contribution >= 4 is 27.3 Å². The third-order valence-electron chi connectivity index (χ3n) is 2.72. The monoisotopic (exact) mass is 323 g/mol. The molecule has 1 N–H and O–H groups in total. The van der Waals surface area contributed by atoms with Gasteiger partial charge in [0.1, 0.15) is 0 Å². The Morgan fingerprint density at radius 3 is 2.40 bits per heavy atom. The number of alkyl halides is 2. The van der Waals surface area contributed by atoms with Gasteiger partial charge in [0.15, 0.2) is 9.84 Å². The van der Waals surface area contributed by atoms with Gasteiger partial charge in [-0.25, -0.2) is 8.42 Å². The first-order valence-electron chi connectivity index (χ1n) is 6.13. The van der Waals surface area contributed by atoms with E-state index in [-0.39, 0.29) is 12.3 Å². The molecule has 7 heteroatoms. The highest BCUT2D eigenvalue weighted by molar-refractivity contribution is 7.99. The van der Waals surface area contributed by atoms with Gasteiger partial charge in [-0.3, -0.25) is 0 Å². The molecule has 0 spiro atoms. The fourth-order valence-electron chi connectivity index (χ4n) is 1.44. The lowest BCUT2D eigenvalue weighted by atomic mass is 10.3. The van der Waals surface area contributed by atoms with Crippen molar-refractivity contribution in [3.05, 3.63) is 24.3 Å². The highest BCUT2D eigenvalue weighted by Crippen LogP contribution is 2.31. The number of hydrogen-bond donors (Lipinski definition) is 1. The quantitative estimate of drug-likeness (QED) is 0.812. The average Bonchev–Trinajstić information content (AvgIpc) is 2.29. The van der Waals surface area contributed by atoms with Gasteiger partial charge >= 0.3 is 0 Å². The molecule has 0 unspecified atom stereocenters. The fraction of sp³-hybridized carbons (Fsp3) is 0.538. The van der Waals surface area contributed by atoms with E-state index in [9.17, 15) is 17.2 Å². The van der Waals surface area contributed by atoms with E-state index >= 15 is 0 Å². The Morgan fingerprint density at radius 2 is 1.85 bits per heavy atom. The van der Waals surface area contributed by atoms with Crippen LogP contribution in [0.2, 0.25) is 0 Å². The molecule has 0 aromatic heterocycles. The van der Waals surface area contributed by atoms with Gasteiger partial charge in [-0.15, -0.1) is 0 Å². The summed E-state index contributed by atoms with van der Waals surface area (Å²) in [6.07, 6.45) is 0. The molecule has 0 aliphatic rings. The number of nitrogens with one attached hydrogen (secondary N) is 1. The van der Waals surface area contributed by atoms with Crippen LogP contribution in [0.1, 0.15) is 20.8 Å². The minimum atomic E-state index is -3.22. The van der Waals surface area contributed by atoms with Crippen molar-refractivity contribution < 1.29 is 17.2 Å². The van der Waals surface area contributed by atoms with Crippen LogP contribution in [0, 0.1) is 0 Å². The lowest BCUT2D eigenvalue weighted by Gasteiger charge is -2.19. The summed E-state index contributed by atoms with van der Waals surface area (Å²) in [5.74, 6) is -2.54. The summed E-state index contributed by atoms with van der Waals surface area (Å²) in [5.41, 5.74) is 0.530. The first kappa shape index (κ1) is 17.2. The van der Waals surface area contributed by atoms with Gasteiger partial charge in [-0.05, 0) is 32.9 Å². The van der Waals surface area contributed by atoms with E-state index in [0.29, 0.717) is 22.3 Å². The van der Waals surface area contributed by atoms with E-state index in [1.165, 1.54) is 0 Å². The summed E-state index contributed by atoms with van der Waals surface area (Å²) >= 11 is 0.443. The molecule has 1 rings (SSSR count). The van der Waals surface area contributed by atoms with Crippen LogP contribution in [-0.2, 0) is 9.84 Å². The molecule has 1 aromatic rings. The maximum atomic E-state index is 12.4. The van der Waals surface area contributed by atoms with Gasteiger partial charge in [0.05, 0.1) is 10.5 Å². The van der Waals surface area contributed by atoms with Crippen molar-refractivity contribution in [3.8, 4) is 0 Å². The molecule has 0 saturated heterocycles. The van der Waals surface area contributed by atoms with Crippen molar-refractivity contribution in [1.82, 2.24) is 0 Å². The molecule has 0 heterocycles. The summed E-state index contributed by atoms with van der Waals surface area (Å²) in [4.78, 5) is 0.413. The lowest BCUT2D eigenvalue weighted by Crippen LogP contribution is -2.32. The average molecular weight is 323 g/mol.